The molecule has 14 heavy (non-hydrogen) atoms. The van der Waals surface area contributed by atoms with Gasteiger partial charge >= 0.3 is 5.97 Å². The predicted octanol–water partition coefficient (Wildman–Crippen LogP) is 0.581. The van der Waals surface area contributed by atoms with E-state index < -0.39 is 0 Å². The second-order valence-electron chi connectivity index (χ2n) is 2.49. The lowest BCUT2D eigenvalue weighted by Crippen LogP contribution is -2.11. The van der Waals surface area contributed by atoms with Crippen LogP contribution in [0.3, 0.4) is 0 Å². The Balaban J connectivity index is 2.27. The molecule has 0 aliphatic heterocycles. The van der Waals surface area contributed by atoms with Crippen molar-refractivity contribution in [3.63, 3.8) is 0 Å². The molecule has 0 fully saturated rings. The molecule has 0 saturated heterocycles. The van der Waals surface area contributed by atoms with E-state index in [-0.39, 0.29) is 24.9 Å². The highest BCUT2D eigenvalue weighted by Gasteiger charge is 2.08. The van der Waals surface area contributed by atoms with Gasteiger partial charge < -0.3 is 14.6 Å². The van der Waals surface area contributed by atoms with E-state index in [1.807, 2.05) is 0 Å². The number of thiazole rings is 1. The number of carbonyl (C=O) groups excluding carboxylic acids is 1. The number of ether oxygens (including phenoxy) is 2. The van der Waals surface area contributed by atoms with Crippen LogP contribution in [0.1, 0.15) is 5.01 Å². The maximum Gasteiger partial charge on any atom is 0.312 e. The lowest BCUT2D eigenvalue weighted by Gasteiger charge is -2.01. The second kappa shape index (κ2) is 5.56. The van der Waals surface area contributed by atoms with Crippen molar-refractivity contribution in [3.05, 3.63) is 10.4 Å². The van der Waals surface area contributed by atoms with E-state index in [1.54, 1.807) is 0 Å². The van der Waals surface area contributed by atoms with Gasteiger partial charge in [0.25, 0.3) is 0 Å². The normalized spacial score (nSPS) is 10.1. The van der Waals surface area contributed by atoms with Gasteiger partial charge in [-0.25, -0.2) is 4.98 Å². The van der Waals surface area contributed by atoms with Crippen molar-refractivity contribution in [1.82, 2.24) is 4.98 Å². The van der Waals surface area contributed by atoms with E-state index in [0.29, 0.717) is 11.6 Å². The van der Waals surface area contributed by atoms with Gasteiger partial charge in [0.1, 0.15) is 11.6 Å². The fourth-order valence-electron chi connectivity index (χ4n) is 0.796. The summed E-state index contributed by atoms with van der Waals surface area (Å²) in [5.41, 5.74) is 0. The number of rotatable bonds is 5. The van der Waals surface area contributed by atoms with Crippen molar-refractivity contribution in [2.24, 2.45) is 0 Å². The van der Waals surface area contributed by atoms with Crippen molar-refractivity contribution >= 4 is 17.3 Å². The highest BCUT2D eigenvalue weighted by atomic mass is 32.1. The van der Waals surface area contributed by atoms with Gasteiger partial charge in [-0.3, -0.25) is 4.79 Å². The summed E-state index contributed by atoms with van der Waals surface area (Å²) < 4.78 is 9.53. The van der Waals surface area contributed by atoms with Crippen LogP contribution in [0.5, 0.6) is 5.88 Å². The van der Waals surface area contributed by atoms with Crippen LogP contribution in [-0.4, -0.2) is 36.4 Å². The van der Waals surface area contributed by atoms with Crippen LogP contribution in [0.25, 0.3) is 0 Å². The van der Waals surface area contributed by atoms with E-state index in [1.165, 1.54) is 23.8 Å². The van der Waals surface area contributed by atoms with Gasteiger partial charge in [0.05, 0.1) is 18.4 Å². The van der Waals surface area contributed by atoms with Gasteiger partial charge in [-0.2, -0.15) is 0 Å². The molecule has 0 aliphatic carbocycles. The van der Waals surface area contributed by atoms with E-state index in [2.05, 4.69) is 4.98 Å². The smallest absolute Gasteiger partial charge is 0.312 e. The Morgan fingerprint density at radius 1 is 1.64 bits per heavy atom. The fourth-order valence-corrected chi connectivity index (χ4v) is 1.44. The molecular weight excluding hydrogens is 206 g/mol. The number of esters is 1. The molecular formula is C8H11NO4S. The zero-order valence-electron chi connectivity index (χ0n) is 7.73. The molecule has 1 aromatic rings. The Morgan fingerprint density at radius 3 is 3.00 bits per heavy atom. The van der Waals surface area contributed by atoms with Crippen LogP contribution in [0.2, 0.25) is 0 Å². The quantitative estimate of drug-likeness (QED) is 0.577. The molecule has 0 atom stereocenters. The lowest BCUT2D eigenvalue weighted by atomic mass is 10.4. The number of aromatic hydroxyl groups is 1. The van der Waals surface area contributed by atoms with Gasteiger partial charge in [-0.1, -0.05) is 0 Å². The zero-order valence-corrected chi connectivity index (χ0v) is 8.54. The largest absolute Gasteiger partial charge is 0.493 e. The highest BCUT2D eigenvalue weighted by molar-refractivity contribution is 7.09. The van der Waals surface area contributed by atoms with Crippen molar-refractivity contribution in [1.29, 1.82) is 0 Å². The Bertz CT molecular complexity index is 299. The van der Waals surface area contributed by atoms with Crippen molar-refractivity contribution in [2.75, 3.05) is 20.3 Å². The summed E-state index contributed by atoms with van der Waals surface area (Å²) in [6, 6.07) is 0. The molecule has 0 amide bonds. The zero-order chi connectivity index (χ0) is 10.4. The summed E-state index contributed by atoms with van der Waals surface area (Å²) >= 11 is 1.22. The molecule has 0 saturated carbocycles. The van der Waals surface area contributed by atoms with Crippen molar-refractivity contribution < 1.29 is 19.4 Å². The fraction of sp³-hybridized carbons (Fsp3) is 0.500. The maximum absolute atomic E-state index is 11.1. The topological polar surface area (TPSA) is 68.7 Å². The minimum absolute atomic E-state index is 0.0605. The van der Waals surface area contributed by atoms with Gasteiger partial charge in [0.2, 0.25) is 5.88 Å². The summed E-state index contributed by atoms with van der Waals surface area (Å²) in [7, 11) is 1.53. The van der Waals surface area contributed by atoms with Crippen LogP contribution in [0.15, 0.2) is 5.38 Å². The molecule has 1 heterocycles. The summed E-state index contributed by atoms with van der Waals surface area (Å²) in [5.74, 6) is -0.425. The van der Waals surface area contributed by atoms with E-state index in [4.69, 9.17) is 14.6 Å². The van der Waals surface area contributed by atoms with Crippen LogP contribution >= 0.6 is 11.3 Å². The molecule has 0 radical (unpaired) electrons. The third-order valence-corrected chi connectivity index (χ3v) is 2.22. The number of aromatic nitrogens is 1. The Morgan fingerprint density at radius 2 is 2.43 bits per heavy atom. The van der Waals surface area contributed by atoms with Gasteiger partial charge in [0.15, 0.2) is 0 Å². The van der Waals surface area contributed by atoms with Crippen LogP contribution in [-0.2, 0) is 20.7 Å². The molecule has 5 nitrogen and oxygen atoms in total. The minimum Gasteiger partial charge on any atom is -0.493 e. The summed E-state index contributed by atoms with van der Waals surface area (Å²) in [6.45, 7) is 0.627. The van der Waals surface area contributed by atoms with Crippen molar-refractivity contribution in [2.45, 2.75) is 6.42 Å². The first-order valence-electron chi connectivity index (χ1n) is 4.00. The molecule has 0 bridgehead atoms. The first-order chi connectivity index (χ1) is 6.72. The van der Waals surface area contributed by atoms with Crippen LogP contribution < -0.4 is 0 Å². The molecule has 0 unspecified atom stereocenters. The summed E-state index contributed by atoms with van der Waals surface area (Å²) in [6.07, 6.45) is 0.0922. The monoisotopic (exact) mass is 217 g/mol. The average Bonchev–Trinajstić information content (AvgIpc) is 2.52. The molecule has 78 valence electrons. The molecule has 1 rings (SSSR count). The Hall–Kier alpha value is -1.14. The van der Waals surface area contributed by atoms with Crippen molar-refractivity contribution in [3.8, 4) is 5.88 Å². The maximum atomic E-state index is 11.1. The van der Waals surface area contributed by atoms with E-state index >= 15 is 0 Å². The highest BCUT2D eigenvalue weighted by Crippen LogP contribution is 2.14. The Kier molecular flexibility index (Phi) is 4.34. The van der Waals surface area contributed by atoms with Gasteiger partial charge in [-0.15, -0.1) is 11.3 Å². The molecule has 1 N–H and O–H groups in total. The predicted molar refractivity (Wildman–Crippen MR) is 50.3 cm³/mol. The average molecular weight is 217 g/mol. The van der Waals surface area contributed by atoms with E-state index in [0.717, 1.165) is 0 Å². The molecule has 1 aromatic heterocycles. The molecule has 0 aliphatic rings. The van der Waals surface area contributed by atoms with Crippen LogP contribution in [0.4, 0.5) is 0 Å². The summed E-state index contributed by atoms with van der Waals surface area (Å²) in [4.78, 5) is 14.8. The number of hydrogen-bond donors (Lipinski definition) is 1. The molecule has 0 aromatic carbocycles. The SMILES string of the molecule is COCCOC(=O)Cc1nc(O)cs1. The number of methoxy groups -OCH3 is 1. The second-order valence-corrected chi connectivity index (χ2v) is 3.43. The van der Waals surface area contributed by atoms with E-state index in [9.17, 15) is 4.79 Å². The number of carbonyl (C=O) groups is 1. The third-order valence-electron chi connectivity index (χ3n) is 1.39. The number of nitrogens with zero attached hydrogens (tertiary/aromatic N) is 1. The number of hydrogen-bond acceptors (Lipinski definition) is 6. The molecule has 0 spiro atoms. The van der Waals surface area contributed by atoms with Crippen LogP contribution in [0, 0.1) is 0 Å². The van der Waals surface area contributed by atoms with Gasteiger partial charge in [-0.05, 0) is 0 Å². The lowest BCUT2D eigenvalue weighted by molar-refractivity contribution is -0.144. The third kappa shape index (κ3) is 3.71. The first-order valence-corrected chi connectivity index (χ1v) is 4.88. The first kappa shape index (κ1) is 10.9. The Labute approximate surface area is 85.3 Å². The standard InChI is InChI=1S/C8H11NO4S/c1-12-2-3-13-8(11)4-7-9-6(10)5-14-7/h5,10H,2-4H2,1H3. The van der Waals surface area contributed by atoms with Gasteiger partial charge in [0, 0.05) is 7.11 Å². The molecule has 6 heteroatoms. The summed E-state index contributed by atoms with van der Waals surface area (Å²) in [5, 5.41) is 10.9. The minimum atomic E-state index is -0.364.